The minimum absolute atomic E-state index is 0.215. The zero-order chi connectivity index (χ0) is 14.1. The van der Waals surface area contributed by atoms with Gasteiger partial charge in [-0.05, 0) is 25.0 Å². The monoisotopic (exact) mass is 262 g/mol. The van der Waals surface area contributed by atoms with E-state index in [4.69, 9.17) is 4.74 Å². The summed E-state index contributed by atoms with van der Waals surface area (Å²) in [5.74, 6) is 1.44. The standard InChI is InChI=1S/C17H26O2/c1-4-7-10-14(5-2)13-16(18)15-11-8-9-12-17(15)19-6-3/h8-9,11-12,14H,4-7,10,13H2,1-3H3. The third-order valence-electron chi connectivity index (χ3n) is 3.50. The Morgan fingerprint density at radius 1 is 1.21 bits per heavy atom. The highest BCUT2D eigenvalue weighted by Gasteiger charge is 2.16. The Kier molecular flexibility index (Phi) is 7.24. The largest absolute Gasteiger partial charge is 0.493 e. The Labute approximate surface area is 117 Å². The summed E-state index contributed by atoms with van der Waals surface area (Å²) in [6.07, 6.45) is 5.26. The van der Waals surface area contributed by atoms with Gasteiger partial charge < -0.3 is 4.74 Å². The van der Waals surface area contributed by atoms with Crippen molar-refractivity contribution in [2.24, 2.45) is 5.92 Å². The van der Waals surface area contributed by atoms with Crippen molar-refractivity contribution < 1.29 is 9.53 Å². The minimum Gasteiger partial charge on any atom is -0.493 e. The molecule has 0 aliphatic heterocycles. The Balaban J connectivity index is 2.71. The highest BCUT2D eigenvalue weighted by Crippen LogP contribution is 2.24. The van der Waals surface area contributed by atoms with E-state index in [1.54, 1.807) is 0 Å². The molecule has 0 fully saturated rings. The van der Waals surface area contributed by atoms with Gasteiger partial charge in [0.2, 0.25) is 0 Å². The fraction of sp³-hybridized carbons (Fsp3) is 0.588. The van der Waals surface area contributed by atoms with E-state index in [1.807, 2.05) is 31.2 Å². The molecule has 0 amide bonds. The summed E-state index contributed by atoms with van der Waals surface area (Å²) in [5, 5.41) is 0. The average Bonchev–Trinajstić information content (AvgIpc) is 2.44. The van der Waals surface area contributed by atoms with Crippen LogP contribution in [-0.2, 0) is 0 Å². The molecule has 0 aliphatic rings. The van der Waals surface area contributed by atoms with Gasteiger partial charge in [-0.15, -0.1) is 0 Å². The molecule has 0 radical (unpaired) electrons. The maximum Gasteiger partial charge on any atom is 0.166 e. The van der Waals surface area contributed by atoms with Gasteiger partial charge in [0.1, 0.15) is 5.75 Å². The molecule has 0 saturated carbocycles. The second-order valence-electron chi connectivity index (χ2n) is 4.97. The van der Waals surface area contributed by atoms with E-state index >= 15 is 0 Å². The van der Waals surface area contributed by atoms with Gasteiger partial charge in [0, 0.05) is 6.42 Å². The van der Waals surface area contributed by atoms with Gasteiger partial charge in [0.05, 0.1) is 12.2 Å². The van der Waals surface area contributed by atoms with E-state index in [1.165, 1.54) is 12.8 Å². The molecule has 2 nitrogen and oxygen atoms in total. The van der Waals surface area contributed by atoms with Crippen molar-refractivity contribution in [1.29, 1.82) is 0 Å². The Morgan fingerprint density at radius 3 is 2.58 bits per heavy atom. The Bertz CT molecular complexity index is 385. The molecule has 0 bridgehead atoms. The molecular formula is C17H26O2. The summed E-state index contributed by atoms with van der Waals surface area (Å²) in [6.45, 7) is 6.90. The first kappa shape index (κ1) is 15.7. The van der Waals surface area contributed by atoms with E-state index in [2.05, 4.69) is 13.8 Å². The normalized spacial score (nSPS) is 12.2. The van der Waals surface area contributed by atoms with E-state index in [9.17, 15) is 4.79 Å². The fourth-order valence-corrected chi connectivity index (χ4v) is 2.29. The zero-order valence-electron chi connectivity index (χ0n) is 12.4. The first-order valence-corrected chi connectivity index (χ1v) is 7.47. The number of hydrogen-bond donors (Lipinski definition) is 0. The van der Waals surface area contributed by atoms with Crippen LogP contribution in [0.5, 0.6) is 5.75 Å². The smallest absolute Gasteiger partial charge is 0.166 e. The maximum atomic E-state index is 12.4. The van der Waals surface area contributed by atoms with Gasteiger partial charge >= 0.3 is 0 Å². The minimum atomic E-state index is 0.215. The predicted octanol–water partition coefficient (Wildman–Crippen LogP) is 4.87. The molecule has 1 unspecified atom stereocenters. The first-order chi connectivity index (χ1) is 9.22. The number of ether oxygens (including phenoxy) is 1. The van der Waals surface area contributed by atoms with Crippen LogP contribution in [0.25, 0.3) is 0 Å². The molecule has 0 aliphatic carbocycles. The third-order valence-corrected chi connectivity index (χ3v) is 3.50. The summed E-state index contributed by atoms with van der Waals surface area (Å²) in [6, 6.07) is 7.57. The molecule has 0 heterocycles. The van der Waals surface area contributed by atoms with Gasteiger partial charge in [-0.1, -0.05) is 51.7 Å². The number of para-hydroxylation sites is 1. The highest BCUT2D eigenvalue weighted by molar-refractivity contribution is 5.98. The van der Waals surface area contributed by atoms with Gasteiger partial charge in [-0.3, -0.25) is 4.79 Å². The van der Waals surface area contributed by atoms with Crippen LogP contribution in [0.2, 0.25) is 0 Å². The average molecular weight is 262 g/mol. The number of hydrogen-bond acceptors (Lipinski definition) is 2. The van der Waals surface area contributed by atoms with Gasteiger partial charge in [-0.25, -0.2) is 0 Å². The molecular weight excluding hydrogens is 236 g/mol. The third kappa shape index (κ3) is 5.06. The number of unbranched alkanes of at least 4 members (excludes halogenated alkanes) is 1. The van der Waals surface area contributed by atoms with Crippen molar-refractivity contribution in [3.63, 3.8) is 0 Å². The maximum absolute atomic E-state index is 12.4. The van der Waals surface area contributed by atoms with E-state index < -0.39 is 0 Å². The van der Waals surface area contributed by atoms with Crippen molar-refractivity contribution in [1.82, 2.24) is 0 Å². The van der Waals surface area contributed by atoms with Crippen molar-refractivity contribution in [2.75, 3.05) is 6.61 Å². The molecule has 1 aromatic carbocycles. The summed E-state index contributed by atoms with van der Waals surface area (Å²) >= 11 is 0. The molecule has 2 heteroatoms. The summed E-state index contributed by atoms with van der Waals surface area (Å²) in [7, 11) is 0. The molecule has 0 spiro atoms. The van der Waals surface area contributed by atoms with Crippen LogP contribution in [0.3, 0.4) is 0 Å². The van der Waals surface area contributed by atoms with Gasteiger partial charge in [0.15, 0.2) is 5.78 Å². The molecule has 0 saturated heterocycles. The molecule has 0 N–H and O–H groups in total. The zero-order valence-corrected chi connectivity index (χ0v) is 12.4. The molecule has 1 aromatic rings. The fourth-order valence-electron chi connectivity index (χ4n) is 2.29. The summed E-state index contributed by atoms with van der Waals surface area (Å²) < 4.78 is 5.53. The van der Waals surface area contributed by atoms with Gasteiger partial charge in [0.25, 0.3) is 0 Å². The number of carbonyl (C=O) groups excluding carboxylic acids is 1. The van der Waals surface area contributed by atoms with Crippen LogP contribution in [0.1, 0.15) is 63.2 Å². The van der Waals surface area contributed by atoms with E-state index in [-0.39, 0.29) is 5.78 Å². The quantitative estimate of drug-likeness (QED) is 0.593. The van der Waals surface area contributed by atoms with Crippen molar-refractivity contribution in [2.45, 2.75) is 52.9 Å². The Morgan fingerprint density at radius 2 is 1.95 bits per heavy atom. The lowest BCUT2D eigenvalue weighted by Gasteiger charge is -2.15. The molecule has 1 rings (SSSR count). The van der Waals surface area contributed by atoms with Crippen LogP contribution in [0.4, 0.5) is 0 Å². The predicted molar refractivity (Wildman–Crippen MR) is 79.9 cm³/mol. The second-order valence-corrected chi connectivity index (χ2v) is 4.97. The molecule has 0 aromatic heterocycles. The van der Waals surface area contributed by atoms with Crippen molar-refractivity contribution >= 4 is 5.78 Å². The lowest BCUT2D eigenvalue weighted by atomic mass is 9.91. The second kappa shape index (κ2) is 8.73. The number of benzene rings is 1. The SMILES string of the molecule is CCCCC(CC)CC(=O)c1ccccc1OCC. The van der Waals surface area contributed by atoms with Crippen molar-refractivity contribution in [3.05, 3.63) is 29.8 Å². The number of Topliss-reactive ketones (excluding diaryl/α,β-unsaturated/α-hetero) is 1. The van der Waals surface area contributed by atoms with Crippen LogP contribution in [0.15, 0.2) is 24.3 Å². The number of rotatable bonds is 9. The Hall–Kier alpha value is -1.31. The molecule has 19 heavy (non-hydrogen) atoms. The van der Waals surface area contributed by atoms with Crippen LogP contribution < -0.4 is 4.74 Å². The van der Waals surface area contributed by atoms with Crippen LogP contribution in [-0.4, -0.2) is 12.4 Å². The van der Waals surface area contributed by atoms with Crippen LogP contribution in [0, 0.1) is 5.92 Å². The van der Waals surface area contributed by atoms with Gasteiger partial charge in [-0.2, -0.15) is 0 Å². The lowest BCUT2D eigenvalue weighted by molar-refractivity contribution is 0.0953. The molecule has 106 valence electrons. The first-order valence-electron chi connectivity index (χ1n) is 7.47. The highest BCUT2D eigenvalue weighted by atomic mass is 16.5. The summed E-state index contributed by atoms with van der Waals surface area (Å²) in [5.41, 5.74) is 0.735. The number of ketones is 1. The van der Waals surface area contributed by atoms with Crippen molar-refractivity contribution in [3.8, 4) is 5.75 Å². The topological polar surface area (TPSA) is 26.3 Å². The molecule has 1 atom stereocenters. The number of carbonyl (C=O) groups is 1. The van der Waals surface area contributed by atoms with Crippen LogP contribution >= 0.6 is 0 Å². The van der Waals surface area contributed by atoms with E-state index in [0.29, 0.717) is 18.9 Å². The van der Waals surface area contributed by atoms with E-state index in [0.717, 1.165) is 24.2 Å². The summed E-state index contributed by atoms with van der Waals surface area (Å²) in [4.78, 5) is 12.4. The lowest BCUT2D eigenvalue weighted by Crippen LogP contribution is -2.10.